The third-order valence-corrected chi connectivity index (χ3v) is 3.73. The molecule has 4 heteroatoms. The molecule has 0 amide bonds. The number of aliphatic hydroxyl groups is 1. The molecule has 1 saturated carbocycles. The van der Waals surface area contributed by atoms with Gasteiger partial charge in [0.15, 0.2) is 0 Å². The Bertz CT molecular complexity index is 548. The van der Waals surface area contributed by atoms with E-state index in [-0.39, 0.29) is 6.10 Å². The summed E-state index contributed by atoms with van der Waals surface area (Å²) >= 11 is 6.08. The highest BCUT2D eigenvalue weighted by atomic mass is 35.5. The molecule has 0 spiro atoms. The molecule has 1 N–H and O–H groups in total. The van der Waals surface area contributed by atoms with E-state index in [2.05, 4.69) is 4.98 Å². The molecular weight excluding hydrogens is 248 g/mol. The van der Waals surface area contributed by atoms with E-state index in [1.165, 1.54) is 0 Å². The van der Waals surface area contributed by atoms with Crippen LogP contribution in [0.25, 0.3) is 0 Å². The third kappa shape index (κ3) is 2.42. The fourth-order valence-electron chi connectivity index (χ4n) is 2.15. The maximum Gasteiger partial charge on any atom is 0.0832 e. The molecule has 3 rings (SSSR count). The largest absolute Gasteiger partial charge is 0.388 e. The second kappa shape index (κ2) is 4.75. The summed E-state index contributed by atoms with van der Waals surface area (Å²) in [5, 5.41) is 10.7. The number of halogens is 1. The second-order valence-electron chi connectivity index (χ2n) is 4.87. The molecule has 18 heavy (non-hydrogen) atoms. The van der Waals surface area contributed by atoms with Gasteiger partial charge in [0.25, 0.3) is 0 Å². The lowest BCUT2D eigenvalue weighted by Crippen LogP contribution is -2.00. The van der Waals surface area contributed by atoms with E-state index in [1.54, 1.807) is 12.4 Å². The van der Waals surface area contributed by atoms with Crippen molar-refractivity contribution in [2.75, 3.05) is 0 Å². The number of aromatic nitrogens is 2. The highest BCUT2D eigenvalue weighted by molar-refractivity contribution is 6.31. The van der Waals surface area contributed by atoms with Crippen molar-refractivity contribution in [2.45, 2.75) is 25.5 Å². The predicted molar refractivity (Wildman–Crippen MR) is 70.5 cm³/mol. The Hall–Kier alpha value is -1.32. The van der Waals surface area contributed by atoms with Gasteiger partial charge in [0, 0.05) is 31.3 Å². The summed E-state index contributed by atoms with van der Waals surface area (Å²) in [5.74, 6) is 0.463. The SMILES string of the molecule is OC(c1ccn(Cc2ccncc2Cl)c1)C1CC1. The summed E-state index contributed by atoms with van der Waals surface area (Å²) in [4.78, 5) is 3.97. The minimum absolute atomic E-state index is 0.306. The Morgan fingerprint density at radius 3 is 3.00 bits per heavy atom. The van der Waals surface area contributed by atoms with Crippen molar-refractivity contribution in [3.05, 3.63) is 53.1 Å². The summed E-state index contributed by atoms with van der Waals surface area (Å²) in [7, 11) is 0. The molecule has 1 aliphatic rings. The van der Waals surface area contributed by atoms with Gasteiger partial charge >= 0.3 is 0 Å². The molecule has 1 fully saturated rings. The quantitative estimate of drug-likeness (QED) is 0.920. The molecule has 3 nitrogen and oxygen atoms in total. The molecular formula is C14H15ClN2O. The Balaban J connectivity index is 1.75. The van der Waals surface area contributed by atoms with Gasteiger partial charge in [0.2, 0.25) is 0 Å². The van der Waals surface area contributed by atoms with E-state index in [1.807, 2.05) is 29.1 Å². The Morgan fingerprint density at radius 2 is 2.28 bits per heavy atom. The molecule has 1 atom stereocenters. The van der Waals surface area contributed by atoms with Crippen molar-refractivity contribution in [2.24, 2.45) is 5.92 Å². The summed E-state index contributed by atoms with van der Waals surface area (Å²) < 4.78 is 2.04. The van der Waals surface area contributed by atoms with E-state index in [9.17, 15) is 5.11 Å². The van der Waals surface area contributed by atoms with Crippen LogP contribution in [0.2, 0.25) is 5.02 Å². The number of hydrogen-bond donors (Lipinski definition) is 1. The van der Waals surface area contributed by atoms with Crippen molar-refractivity contribution in [1.82, 2.24) is 9.55 Å². The molecule has 0 aromatic carbocycles. The van der Waals surface area contributed by atoms with Crippen LogP contribution in [0.3, 0.4) is 0 Å². The van der Waals surface area contributed by atoms with Crippen LogP contribution in [0.1, 0.15) is 30.1 Å². The van der Waals surface area contributed by atoms with Crippen LogP contribution in [-0.4, -0.2) is 14.7 Å². The first kappa shape index (κ1) is 11.8. The molecule has 2 aromatic heterocycles. The van der Waals surface area contributed by atoms with Gasteiger partial charge in [0.1, 0.15) is 0 Å². The van der Waals surface area contributed by atoms with E-state index >= 15 is 0 Å². The van der Waals surface area contributed by atoms with Gasteiger partial charge in [-0.1, -0.05) is 11.6 Å². The van der Waals surface area contributed by atoms with E-state index in [0.717, 1.165) is 24.0 Å². The summed E-state index contributed by atoms with van der Waals surface area (Å²) in [5.41, 5.74) is 2.04. The van der Waals surface area contributed by atoms with Crippen molar-refractivity contribution >= 4 is 11.6 Å². The molecule has 2 aromatic rings. The molecule has 0 bridgehead atoms. The molecule has 2 heterocycles. The lowest BCUT2D eigenvalue weighted by molar-refractivity contribution is 0.154. The van der Waals surface area contributed by atoms with Gasteiger partial charge in [-0.05, 0) is 42.0 Å². The fraction of sp³-hybridized carbons (Fsp3) is 0.357. The van der Waals surface area contributed by atoms with Crippen LogP contribution >= 0.6 is 11.6 Å². The average molecular weight is 263 g/mol. The first-order valence-electron chi connectivity index (χ1n) is 6.16. The van der Waals surface area contributed by atoms with Crippen molar-refractivity contribution in [3.8, 4) is 0 Å². The average Bonchev–Trinajstić information content (AvgIpc) is 3.12. The highest BCUT2D eigenvalue weighted by Gasteiger charge is 2.31. The van der Waals surface area contributed by atoms with Crippen LogP contribution in [0.5, 0.6) is 0 Å². The van der Waals surface area contributed by atoms with Crippen LogP contribution < -0.4 is 0 Å². The number of nitrogens with zero attached hydrogens (tertiary/aromatic N) is 2. The Morgan fingerprint density at radius 1 is 1.44 bits per heavy atom. The Kier molecular flexibility index (Phi) is 3.10. The van der Waals surface area contributed by atoms with Crippen LogP contribution in [0, 0.1) is 5.92 Å². The van der Waals surface area contributed by atoms with Gasteiger partial charge in [0.05, 0.1) is 11.1 Å². The maximum atomic E-state index is 10.0. The first-order chi connectivity index (χ1) is 8.74. The molecule has 94 valence electrons. The summed E-state index contributed by atoms with van der Waals surface area (Å²) in [6.45, 7) is 0.707. The normalized spacial score (nSPS) is 16.8. The number of aliphatic hydroxyl groups excluding tert-OH is 1. The van der Waals surface area contributed by atoms with Gasteiger partial charge in [-0.15, -0.1) is 0 Å². The third-order valence-electron chi connectivity index (χ3n) is 3.39. The second-order valence-corrected chi connectivity index (χ2v) is 5.27. The number of pyridine rings is 1. The minimum Gasteiger partial charge on any atom is -0.388 e. The molecule has 0 radical (unpaired) electrons. The predicted octanol–water partition coefficient (Wildman–Crippen LogP) is 3.03. The maximum absolute atomic E-state index is 10.0. The molecule has 1 unspecified atom stereocenters. The standard InChI is InChI=1S/C14H15ClN2O/c15-13-7-16-5-3-11(13)8-17-6-4-12(9-17)14(18)10-1-2-10/h3-7,9-10,14,18H,1-2,8H2. The van der Waals surface area contributed by atoms with Gasteiger partial charge in [-0.25, -0.2) is 0 Å². The van der Waals surface area contributed by atoms with Crippen molar-refractivity contribution in [3.63, 3.8) is 0 Å². The molecule has 1 aliphatic carbocycles. The van der Waals surface area contributed by atoms with Crippen LogP contribution in [0.15, 0.2) is 36.9 Å². The lowest BCUT2D eigenvalue weighted by Gasteiger charge is -2.07. The number of hydrogen-bond acceptors (Lipinski definition) is 2. The zero-order valence-electron chi connectivity index (χ0n) is 9.96. The summed E-state index contributed by atoms with van der Waals surface area (Å²) in [6, 6.07) is 3.90. The zero-order chi connectivity index (χ0) is 12.5. The van der Waals surface area contributed by atoms with Crippen LogP contribution in [-0.2, 0) is 6.54 Å². The monoisotopic (exact) mass is 262 g/mol. The van der Waals surface area contributed by atoms with Gasteiger partial charge < -0.3 is 9.67 Å². The van der Waals surface area contributed by atoms with E-state index < -0.39 is 0 Å². The Labute approximate surface area is 111 Å². The van der Waals surface area contributed by atoms with Gasteiger partial charge in [-0.3, -0.25) is 4.98 Å². The first-order valence-corrected chi connectivity index (χ1v) is 6.54. The fourth-order valence-corrected chi connectivity index (χ4v) is 2.32. The zero-order valence-corrected chi connectivity index (χ0v) is 10.7. The van der Waals surface area contributed by atoms with Crippen molar-refractivity contribution in [1.29, 1.82) is 0 Å². The van der Waals surface area contributed by atoms with E-state index in [4.69, 9.17) is 11.6 Å². The smallest absolute Gasteiger partial charge is 0.0832 e. The van der Waals surface area contributed by atoms with E-state index in [0.29, 0.717) is 17.5 Å². The minimum atomic E-state index is -0.306. The highest BCUT2D eigenvalue weighted by Crippen LogP contribution is 2.40. The summed E-state index contributed by atoms with van der Waals surface area (Å²) in [6.07, 6.45) is 9.35. The number of rotatable bonds is 4. The van der Waals surface area contributed by atoms with Crippen LogP contribution in [0.4, 0.5) is 0 Å². The lowest BCUT2D eigenvalue weighted by atomic mass is 10.1. The molecule has 0 aliphatic heterocycles. The van der Waals surface area contributed by atoms with Gasteiger partial charge in [-0.2, -0.15) is 0 Å². The molecule has 0 saturated heterocycles. The van der Waals surface area contributed by atoms with Crippen molar-refractivity contribution < 1.29 is 5.11 Å². The topological polar surface area (TPSA) is 38.0 Å².